The van der Waals surface area contributed by atoms with Crippen molar-refractivity contribution in [3.8, 4) is 11.6 Å². The molecular weight excluding hydrogens is 340 g/mol. The molecule has 0 bridgehead atoms. The standard InChI is InChI=1S/C21H18N4O2/c26-20-19-11-18-17(22-14-23(18)12-15-7-3-1-4-8-15)13-24(19)21(27)25(20)16-9-5-2-6-10-16/h1-10,14,26H,11-13H2. The Hall–Kier alpha value is -3.54. The van der Waals surface area contributed by atoms with E-state index < -0.39 is 0 Å². The van der Waals surface area contributed by atoms with Gasteiger partial charge in [-0.2, -0.15) is 0 Å². The Bertz CT molecular complexity index is 1170. The van der Waals surface area contributed by atoms with E-state index in [1.807, 2.05) is 54.9 Å². The van der Waals surface area contributed by atoms with E-state index in [1.165, 1.54) is 10.1 Å². The van der Waals surface area contributed by atoms with E-state index in [0.29, 0.717) is 30.9 Å². The molecule has 1 N–H and O–H groups in total. The van der Waals surface area contributed by atoms with E-state index in [4.69, 9.17) is 0 Å². The molecule has 1 aliphatic rings. The Balaban J connectivity index is 1.56. The van der Waals surface area contributed by atoms with Crippen LogP contribution >= 0.6 is 0 Å². The Labute approximate surface area is 155 Å². The number of imidazole rings is 2. The SMILES string of the molecule is O=c1n2c(c(O)n1-c1ccccc1)Cc1c(ncn1Cc1ccccc1)C2. The van der Waals surface area contributed by atoms with Gasteiger partial charge in [-0.3, -0.25) is 4.57 Å². The van der Waals surface area contributed by atoms with Crippen LogP contribution in [0.2, 0.25) is 0 Å². The lowest BCUT2D eigenvalue weighted by Gasteiger charge is -2.16. The first-order valence-corrected chi connectivity index (χ1v) is 8.88. The number of benzene rings is 2. The summed E-state index contributed by atoms with van der Waals surface area (Å²) >= 11 is 0. The molecule has 27 heavy (non-hydrogen) atoms. The van der Waals surface area contributed by atoms with E-state index in [2.05, 4.69) is 21.7 Å². The van der Waals surface area contributed by atoms with Crippen LogP contribution in [0, 0.1) is 0 Å². The third-order valence-corrected chi connectivity index (χ3v) is 5.10. The molecule has 0 amide bonds. The molecule has 134 valence electrons. The second-order valence-corrected chi connectivity index (χ2v) is 6.74. The molecule has 0 saturated heterocycles. The van der Waals surface area contributed by atoms with Crippen molar-refractivity contribution in [3.63, 3.8) is 0 Å². The lowest BCUT2D eigenvalue weighted by Crippen LogP contribution is -2.27. The van der Waals surface area contributed by atoms with Gasteiger partial charge < -0.3 is 9.67 Å². The first-order valence-electron chi connectivity index (χ1n) is 8.88. The lowest BCUT2D eigenvalue weighted by molar-refractivity contribution is 0.433. The lowest BCUT2D eigenvalue weighted by atomic mass is 10.1. The van der Waals surface area contributed by atoms with Crippen molar-refractivity contribution in [1.29, 1.82) is 0 Å². The first kappa shape index (κ1) is 15.7. The predicted molar refractivity (Wildman–Crippen MR) is 101 cm³/mol. The maximum atomic E-state index is 12.9. The summed E-state index contributed by atoms with van der Waals surface area (Å²) in [5.41, 5.74) is 4.16. The third kappa shape index (κ3) is 2.49. The second kappa shape index (κ2) is 6.02. The molecule has 0 atom stereocenters. The molecule has 6 nitrogen and oxygen atoms in total. The first-order chi connectivity index (χ1) is 13.2. The predicted octanol–water partition coefficient (Wildman–Crippen LogP) is 2.54. The molecule has 6 heteroatoms. The van der Waals surface area contributed by atoms with Crippen LogP contribution in [0.25, 0.3) is 5.69 Å². The molecule has 3 heterocycles. The average molecular weight is 358 g/mol. The van der Waals surface area contributed by atoms with Crippen molar-refractivity contribution in [2.45, 2.75) is 19.5 Å². The van der Waals surface area contributed by atoms with Crippen LogP contribution in [0.5, 0.6) is 5.88 Å². The van der Waals surface area contributed by atoms with Gasteiger partial charge in [0.2, 0.25) is 5.88 Å². The molecule has 0 saturated carbocycles. The van der Waals surface area contributed by atoms with Crippen LogP contribution < -0.4 is 5.69 Å². The fourth-order valence-electron chi connectivity index (χ4n) is 3.73. The molecule has 0 spiro atoms. The molecule has 5 rings (SSSR count). The van der Waals surface area contributed by atoms with Crippen LogP contribution in [0.15, 0.2) is 71.8 Å². The van der Waals surface area contributed by atoms with Gasteiger partial charge in [0, 0.05) is 18.7 Å². The minimum atomic E-state index is -0.239. The van der Waals surface area contributed by atoms with Gasteiger partial charge in [0.25, 0.3) is 0 Å². The fourth-order valence-corrected chi connectivity index (χ4v) is 3.73. The van der Waals surface area contributed by atoms with Gasteiger partial charge in [-0.25, -0.2) is 14.3 Å². The van der Waals surface area contributed by atoms with Gasteiger partial charge in [-0.1, -0.05) is 48.5 Å². The van der Waals surface area contributed by atoms with E-state index in [0.717, 1.165) is 11.4 Å². The molecule has 1 aliphatic heterocycles. The van der Waals surface area contributed by atoms with Gasteiger partial charge in [0.1, 0.15) is 0 Å². The summed E-state index contributed by atoms with van der Waals surface area (Å²) < 4.78 is 5.07. The van der Waals surface area contributed by atoms with Gasteiger partial charge in [-0.05, 0) is 17.7 Å². The number of hydrogen-bond acceptors (Lipinski definition) is 3. The number of nitrogens with zero attached hydrogens (tertiary/aromatic N) is 4. The number of para-hydroxylation sites is 1. The highest BCUT2D eigenvalue weighted by Crippen LogP contribution is 2.29. The second-order valence-electron chi connectivity index (χ2n) is 6.74. The Morgan fingerprint density at radius 2 is 1.67 bits per heavy atom. The van der Waals surface area contributed by atoms with E-state index in [1.54, 1.807) is 4.57 Å². The zero-order valence-electron chi connectivity index (χ0n) is 14.6. The number of hydrogen-bond donors (Lipinski definition) is 1. The van der Waals surface area contributed by atoms with E-state index in [9.17, 15) is 9.90 Å². The van der Waals surface area contributed by atoms with Crippen LogP contribution in [0.3, 0.4) is 0 Å². The Kier molecular flexibility index (Phi) is 3.50. The highest BCUT2D eigenvalue weighted by molar-refractivity contribution is 5.41. The summed E-state index contributed by atoms with van der Waals surface area (Å²) in [5.74, 6) is 0.00399. The van der Waals surface area contributed by atoms with Crippen LogP contribution in [-0.4, -0.2) is 23.8 Å². The Morgan fingerprint density at radius 3 is 2.41 bits per heavy atom. The quantitative estimate of drug-likeness (QED) is 0.539. The molecule has 0 aliphatic carbocycles. The summed E-state index contributed by atoms with van der Waals surface area (Å²) in [4.78, 5) is 17.4. The fraction of sp³-hybridized carbons (Fsp3) is 0.143. The van der Waals surface area contributed by atoms with Gasteiger partial charge in [0.05, 0.1) is 29.9 Å². The summed E-state index contributed by atoms with van der Waals surface area (Å²) in [6, 6.07) is 19.4. The maximum absolute atomic E-state index is 12.9. The highest BCUT2D eigenvalue weighted by atomic mass is 16.3. The van der Waals surface area contributed by atoms with Crippen LogP contribution in [-0.2, 0) is 19.5 Å². The van der Waals surface area contributed by atoms with Crippen LogP contribution in [0.4, 0.5) is 0 Å². The van der Waals surface area contributed by atoms with Gasteiger partial charge >= 0.3 is 5.69 Å². The topological polar surface area (TPSA) is 65.0 Å². The summed E-state index contributed by atoms with van der Waals surface area (Å²) in [5, 5.41) is 10.8. The largest absolute Gasteiger partial charge is 0.493 e. The van der Waals surface area contributed by atoms with Gasteiger partial charge in [0.15, 0.2) is 0 Å². The molecule has 0 unspecified atom stereocenters. The van der Waals surface area contributed by atoms with E-state index in [-0.39, 0.29) is 11.6 Å². The van der Waals surface area contributed by atoms with Crippen molar-refractivity contribution in [1.82, 2.24) is 18.7 Å². The van der Waals surface area contributed by atoms with E-state index >= 15 is 0 Å². The van der Waals surface area contributed by atoms with Crippen LogP contribution in [0.1, 0.15) is 22.6 Å². The smallest absolute Gasteiger partial charge is 0.336 e. The van der Waals surface area contributed by atoms with Crippen molar-refractivity contribution < 1.29 is 5.11 Å². The molecule has 2 aromatic heterocycles. The monoisotopic (exact) mass is 358 g/mol. The minimum absolute atomic E-state index is 0.00399. The molecule has 4 aromatic rings. The third-order valence-electron chi connectivity index (χ3n) is 5.10. The zero-order chi connectivity index (χ0) is 18.4. The number of fused-ring (bicyclic) bond motifs is 2. The number of aromatic nitrogens is 4. The van der Waals surface area contributed by atoms with Crippen molar-refractivity contribution in [3.05, 3.63) is 100 Å². The highest BCUT2D eigenvalue weighted by Gasteiger charge is 2.28. The summed E-state index contributed by atoms with van der Waals surface area (Å²) in [7, 11) is 0. The molecule has 0 radical (unpaired) electrons. The van der Waals surface area contributed by atoms with Crippen molar-refractivity contribution >= 4 is 0 Å². The Morgan fingerprint density at radius 1 is 0.963 bits per heavy atom. The van der Waals surface area contributed by atoms with Crippen molar-refractivity contribution in [2.24, 2.45) is 0 Å². The molecule has 0 fully saturated rings. The normalized spacial score (nSPS) is 12.6. The number of aromatic hydroxyl groups is 1. The van der Waals surface area contributed by atoms with Crippen molar-refractivity contribution in [2.75, 3.05) is 0 Å². The summed E-state index contributed by atoms with van der Waals surface area (Å²) in [6.45, 7) is 1.09. The molecule has 2 aromatic carbocycles. The average Bonchev–Trinajstić information content (AvgIpc) is 3.21. The minimum Gasteiger partial charge on any atom is -0.493 e. The summed E-state index contributed by atoms with van der Waals surface area (Å²) in [6.07, 6.45) is 2.29. The maximum Gasteiger partial charge on any atom is 0.336 e. The zero-order valence-corrected chi connectivity index (χ0v) is 14.6. The van der Waals surface area contributed by atoms with Gasteiger partial charge in [-0.15, -0.1) is 0 Å². The molecular formula is C21H18N4O2. The number of rotatable bonds is 3.